The van der Waals surface area contributed by atoms with Crippen molar-refractivity contribution in [1.29, 1.82) is 0 Å². The molecule has 1 saturated heterocycles. The van der Waals surface area contributed by atoms with Crippen LogP contribution in [0.2, 0.25) is 0 Å². The molecule has 6 heteroatoms. The molecule has 0 radical (unpaired) electrons. The Balaban J connectivity index is 2.13. The second kappa shape index (κ2) is 6.69. The first-order valence-electron chi connectivity index (χ1n) is 7.50. The van der Waals surface area contributed by atoms with Gasteiger partial charge in [-0.15, -0.1) is 0 Å². The number of likely N-dealkylation sites (tertiary alicyclic amines) is 1. The number of carbonyl (C=O) groups excluding carboxylic acids is 1. The van der Waals surface area contributed by atoms with Gasteiger partial charge in [-0.1, -0.05) is 25.1 Å². The molecule has 1 aromatic rings. The predicted molar refractivity (Wildman–Crippen MR) is 78.3 cm³/mol. The van der Waals surface area contributed by atoms with E-state index in [1.807, 2.05) is 0 Å². The number of hydrogen-bond acceptors (Lipinski definition) is 2. The summed E-state index contributed by atoms with van der Waals surface area (Å²) in [5, 5.41) is 0. The number of benzene rings is 1. The lowest BCUT2D eigenvalue weighted by molar-refractivity contribution is -0.139. The number of alkyl halides is 3. The van der Waals surface area contributed by atoms with Gasteiger partial charge in [-0.05, 0) is 30.4 Å². The zero-order valence-electron chi connectivity index (χ0n) is 12.6. The van der Waals surface area contributed by atoms with Crippen LogP contribution in [0.1, 0.15) is 43.2 Å². The fraction of sp³-hybridized carbons (Fsp3) is 0.562. The predicted octanol–water partition coefficient (Wildman–Crippen LogP) is 3.15. The van der Waals surface area contributed by atoms with E-state index in [1.165, 1.54) is 12.1 Å². The van der Waals surface area contributed by atoms with Crippen LogP contribution in [0, 0.1) is 0 Å². The topological polar surface area (TPSA) is 46.3 Å². The van der Waals surface area contributed by atoms with Crippen LogP contribution in [0.3, 0.4) is 0 Å². The number of amides is 1. The van der Waals surface area contributed by atoms with E-state index in [-0.39, 0.29) is 23.9 Å². The number of rotatable bonds is 4. The van der Waals surface area contributed by atoms with Crippen molar-refractivity contribution in [3.8, 4) is 0 Å². The smallest absolute Gasteiger partial charge is 0.338 e. The largest absolute Gasteiger partial charge is 0.416 e. The first-order valence-corrected chi connectivity index (χ1v) is 7.50. The molecule has 122 valence electrons. The van der Waals surface area contributed by atoms with E-state index in [1.54, 1.807) is 17.9 Å². The third-order valence-corrected chi connectivity index (χ3v) is 4.25. The third kappa shape index (κ3) is 3.61. The van der Waals surface area contributed by atoms with Gasteiger partial charge < -0.3 is 10.6 Å². The Morgan fingerprint density at radius 1 is 1.41 bits per heavy atom. The lowest BCUT2D eigenvalue weighted by atomic mass is 9.92. The second-order valence-corrected chi connectivity index (χ2v) is 5.81. The summed E-state index contributed by atoms with van der Waals surface area (Å²) < 4.78 is 39.2. The summed E-state index contributed by atoms with van der Waals surface area (Å²) in [5.74, 6) is -0.596. The summed E-state index contributed by atoms with van der Waals surface area (Å²) in [6, 6.07) is 5.48. The highest BCUT2D eigenvalue weighted by Crippen LogP contribution is 2.36. The van der Waals surface area contributed by atoms with Crippen LogP contribution in [0.25, 0.3) is 0 Å². The molecule has 2 N–H and O–H groups in total. The fourth-order valence-electron chi connectivity index (χ4n) is 3.08. The van der Waals surface area contributed by atoms with Crippen molar-refractivity contribution in [2.24, 2.45) is 5.73 Å². The number of hydrogen-bond donors (Lipinski definition) is 1. The monoisotopic (exact) mass is 314 g/mol. The highest BCUT2D eigenvalue weighted by atomic mass is 19.4. The van der Waals surface area contributed by atoms with Gasteiger partial charge in [0, 0.05) is 25.6 Å². The molecule has 1 aliphatic rings. The van der Waals surface area contributed by atoms with Crippen molar-refractivity contribution in [3.05, 3.63) is 35.4 Å². The van der Waals surface area contributed by atoms with Crippen molar-refractivity contribution >= 4 is 5.91 Å². The molecule has 2 atom stereocenters. The van der Waals surface area contributed by atoms with Gasteiger partial charge in [0.25, 0.3) is 0 Å². The maximum absolute atomic E-state index is 13.1. The molecule has 22 heavy (non-hydrogen) atoms. The van der Waals surface area contributed by atoms with Gasteiger partial charge in [0.1, 0.15) is 0 Å². The van der Waals surface area contributed by atoms with Gasteiger partial charge in [-0.25, -0.2) is 0 Å². The van der Waals surface area contributed by atoms with E-state index in [4.69, 9.17) is 5.73 Å². The molecule has 3 nitrogen and oxygen atoms in total. The van der Waals surface area contributed by atoms with Crippen LogP contribution < -0.4 is 5.73 Å². The maximum Gasteiger partial charge on any atom is 0.416 e. The lowest BCUT2D eigenvalue weighted by Crippen LogP contribution is -2.40. The highest BCUT2D eigenvalue weighted by molar-refractivity contribution is 5.77. The van der Waals surface area contributed by atoms with Crippen LogP contribution >= 0.6 is 0 Å². The van der Waals surface area contributed by atoms with Crippen LogP contribution in [0.4, 0.5) is 13.2 Å². The molecule has 1 amide bonds. The highest BCUT2D eigenvalue weighted by Gasteiger charge is 2.35. The Kier molecular flexibility index (Phi) is 5.11. The maximum atomic E-state index is 13.1. The van der Waals surface area contributed by atoms with Crippen LogP contribution in [-0.2, 0) is 11.0 Å². The summed E-state index contributed by atoms with van der Waals surface area (Å²) in [5.41, 5.74) is 5.16. The summed E-state index contributed by atoms with van der Waals surface area (Å²) in [6.07, 6.45) is -2.55. The van der Waals surface area contributed by atoms with E-state index in [0.29, 0.717) is 13.1 Å². The van der Waals surface area contributed by atoms with Crippen molar-refractivity contribution in [3.63, 3.8) is 0 Å². The zero-order valence-corrected chi connectivity index (χ0v) is 12.6. The van der Waals surface area contributed by atoms with Crippen LogP contribution in [0.15, 0.2) is 24.3 Å². The molecule has 2 unspecified atom stereocenters. The number of nitrogens with two attached hydrogens (primary N) is 1. The second-order valence-electron chi connectivity index (χ2n) is 5.81. The molecular weight excluding hydrogens is 293 g/mol. The van der Waals surface area contributed by atoms with E-state index in [9.17, 15) is 18.0 Å². The lowest BCUT2D eigenvalue weighted by Gasteiger charge is -2.26. The molecule has 0 bridgehead atoms. The van der Waals surface area contributed by atoms with Gasteiger partial charge in [-0.3, -0.25) is 4.79 Å². The fourth-order valence-corrected chi connectivity index (χ4v) is 3.08. The molecule has 0 aliphatic carbocycles. The number of carbonyl (C=O) groups is 1. The van der Waals surface area contributed by atoms with Crippen molar-refractivity contribution < 1.29 is 18.0 Å². The Hall–Kier alpha value is -1.56. The van der Waals surface area contributed by atoms with Crippen molar-refractivity contribution in [2.45, 2.75) is 44.3 Å². The minimum absolute atomic E-state index is 0.0255. The third-order valence-electron chi connectivity index (χ3n) is 4.25. The van der Waals surface area contributed by atoms with Crippen LogP contribution in [0.5, 0.6) is 0 Å². The Labute approximate surface area is 128 Å². The standard InChI is InChI=1S/C16H21F3N2O/c1-11(9-15(22)21-8-4-5-12(21)10-20)13-6-2-3-7-14(13)16(17,18)19/h2-3,6-7,11-12H,4-5,8-10,20H2,1H3. The SMILES string of the molecule is CC(CC(=O)N1CCCC1CN)c1ccccc1C(F)(F)F. The van der Waals surface area contributed by atoms with Gasteiger partial charge in [0.2, 0.25) is 5.91 Å². The molecule has 2 rings (SSSR count). The normalized spacial score (nSPS) is 20.2. The minimum Gasteiger partial charge on any atom is -0.338 e. The average Bonchev–Trinajstić information content (AvgIpc) is 2.94. The van der Waals surface area contributed by atoms with Gasteiger partial charge in [0.05, 0.1) is 5.56 Å². The molecule has 1 heterocycles. The summed E-state index contributed by atoms with van der Waals surface area (Å²) in [6.45, 7) is 2.71. The molecule has 1 aromatic carbocycles. The van der Waals surface area contributed by atoms with E-state index < -0.39 is 17.7 Å². The molecule has 1 aliphatic heterocycles. The van der Waals surface area contributed by atoms with E-state index in [2.05, 4.69) is 0 Å². The Morgan fingerprint density at radius 3 is 2.73 bits per heavy atom. The molecule has 0 aromatic heterocycles. The average molecular weight is 314 g/mol. The number of halogens is 3. The quantitative estimate of drug-likeness (QED) is 0.928. The van der Waals surface area contributed by atoms with E-state index >= 15 is 0 Å². The first-order chi connectivity index (χ1) is 10.3. The van der Waals surface area contributed by atoms with Crippen LogP contribution in [-0.4, -0.2) is 29.9 Å². The Morgan fingerprint density at radius 2 is 2.09 bits per heavy atom. The van der Waals surface area contributed by atoms with Crippen molar-refractivity contribution in [1.82, 2.24) is 4.90 Å². The van der Waals surface area contributed by atoms with Gasteiger partial charge in [0.15, 0.2) is 0 Å². The summed E-state index contributed by atoms with van der Waals surface area (Å²) >= 11 is 0. The minimum atomic E-state index is -4.40. The molecule has 0 spiro atoms. The molecule has 1 fully saturated rings. The Bertz CT molecular complexity index is 530. The van der Waals surface area contributed by atoms with E-state index in [0.717, 1.165) is 18.9 Å². The summed E-state index contributed by atoms with van der Waals surface area (Å²) in [4.78, 5) is 14.1. The zero-order chi connectivity index (χ0) is 16.3. The molecular formula is C16H21F3N2O. The number of nitrogens with zero attached hydrogens (tertiary/aromatic N) is 1. The van der Waals surface area contributed by atoms with Gasteiger partial charge >= 0.3 is 6.18 Å². The summed E-state index contributed by atoms with van der Waals surface area (Å²) in [7, 11) is 0. The first kappa shape index (κ1) is 16.8. The van der Waals surface area contributed by atoms with Gasteiger partial charge in [-0.2, -0.15) is 13.2 Å². The molecule has 0 saturated carbocycles. The van der Waals surface area contributed by atoms with Crippen molar-refractivity contribution in [2.75, 3.05) is 13.1 Å².